The van der Waals surface area contributed by atoms with Gasteiger partial charge in [0.15, 0.2) is 5.69 Å². The molecule has 3 heterocycles. The van der Waals surface area contributed by atoms with Crippen LogP contribution in [0.1, 0.15) is 69.8 Å². The predicted molar refractivity (Wildman–Crippen MR) is 133 cm³/mol. The fourth-order valence-corrected chi connectivity index (χ4v) is 5.65. The van der Waals surface area contributed by atoms with Crippen molar-refractivity contribution in [1.82, 2.24) is 25.2 Å². The molecule has 2 amide bonds. The minimum atomic E-state index is -0.128. The van der Waals surface area contributed by atoms with Crippen molar-refractivity contribution >= 4 is 11.8 Å². The van der Waals surface area contributed by atoms with Crippen molar-refractivity contribution in [1.29, 1.82) is 0 Å². The largest absolute Gasteiger partial charge is 0.365 e. The number of hydrogen-bond donors (Lipinski definition) is 1. The van der Waals surface area contributed by atoms with Crippen molar-refractivity contribution in [3.63, 3.8) is 0 Å². The monoisotopic (exact) mass is 485 g/mol. The lowest BCUT2D eigenvalue weighted by atomic mass is 9.95. The minimum absolute atomic E-state index is 0.0746. The van der Waals surface area contributed by atoms with Gasteiger partial charge >= 0.3 is 0 Å². The molecule has 0 saturated carbocycles. The highest BCUT2D eigenvalue weighted by Gasteiger charge is 2.34. The van der Waals surface area contributed by atoms with Crippen LogP contribution in [0.15, 0.2) is 48.5 Å². The van der Waals surface area contributed by atoms with Crippen LogP contribution < -0.4 is 5.32 Å². The molecule has 186 valence electrons. The van der Waals surface area contributed by atoms with Crippen molar-refractivity contribution in [3.05, 3.63) is 82.2 Å². The van der Waals surface area contributed by atoms with Gasteiger partial charge in [-0.25, -0.2) is 4.68 Å². The standard InChI is InChI=1S/C28H31N5O3/c1-18-6-8-20(9-7-18)25-16-33-24(17-36-25)26(30-31-33)28(35)32-14-12-21(13-15-32)27(34)29-23-11-10-19-4-2-3-5-22(19)23/h2-9,21,23,25H,10-17H2,1H3,(H,29,34)/t23-,25+/m0/s1. The highest BCUT2D eigenvalue weighted by atomic mass is 16.5. The fraction of sp³-hybridized carbons (Fsp3) is 0.429. The number of fused-ring (bicyclic) bond motifs is 2. The summed E-state index contributed by atoms with van der Waals surface area (Å²) >= 11 is 0. The van der Waals surface area contributed by atoms with E-state index in [9.17, 15) is 9.59 Å². The molecule has 1 aliphatic carbocycles. The van der Waals surface area contributed by atoms with Gasteiger partial charge in [-0.1, -0.05) is 59.3 Å². The molecule has 8 nitrogen and oxygen atoms in total. The highest BCUT2D eigenvalue weighted by molar-refractivity contribution is 5.93. The molecule has 3 aromatic rings. The normalized spacial score (nSPS) is 21.6. The third-order valence-corrected chi connectivity index (χ3v) is 7.85. The van der Waals surface area contributed by atoms with Crippen molar-refractivity contribution in [3.8, 4) is 0 Å². The number of aromatic nitrogens is 3. The molecular weight excluding hydrogens is 454 g/mol. The average molecular weight is 486 g/mol. The van der Waals surface area contributed by atoms with E-state index in [0.717, 1.165) is 24.1 Å². The van der Waals surface area contributed by atoms with E-state index in [1.165, 1.54) is 16.7 Å². The van der Waals surface area contributed by atoms with E-state index < -0.39 is 0 Å². The van der Waals surface area contributed by atoms with Crippen LogP contribution in [0.4, 0.5) is 0 Å². The molecule has 0 radical (unpaired) electrons. The summed E-state index contributed by atoms with van der Waals surface area (Å²) in [6.45, 7) is 3.97. The van der Waals surface area contributed by atoms with E-state index in [1.807, 2.05) is 6.07 Å². The molecule has 2 atom stereocenters. The number of likely N-dealkylation sites (tertiary alicyclic amines) is 1. The number of nitrogens with zero attached hydrogens (tertiary/aromatic N) is 4. The van der Waals surface area contributed by atoms with Gasteiger partial charge in [0.25, 0.3) is 5.91 Å². The van der Waals surface area contributed by atoms with Crippen LogP contribution in [-0.2, 0) is 29.1 Å². The number of hydrogen-bond acceptors (Lipinski definition) is 5. The molecule has 0 spiro atoms. The van der Waals surface area contributed by atoms with Gasteiger partial charge < -0.3 is 15.0 Å². The second kappa shape index (κ2) is 9.50. The van der Waals surface area contributed by atoms with Gasteiger partial charge in [0.05, 0.1) is 24.9 Å². The molecule has 0 bridgehead atoms. The van der Waals surface area contributed by atoms with E-state index in [2.05, 4.69) is 65.0 Å². The second-order valence-electron chi connectivity index (χ2n) is 10.1. The number of nitrogens with one attached hydrogen (secondary N) is 1. The lowest BCUT2D eigenvalue weighted by molar-refractivity contribution is -0.127. The molecule has 0 unspecified atom stereocenters. The third-order valence-electron chi connectivity index (χ3n) is 7.85. The summed E-state index contributed by atoms with van der Waals surface area (Å²) in [6, 6.07) is 16.7. The van der Waals surface area contributed by atoms with Crippen LogP contribution >= 0.6 is 0 Å². The molecule has 2 aromatic carbocycles. The predicted octanol–water partition coefficient (Wildman–Crippen LogP) is 3.51. The van der Waals surface area contributed by atoms with E-state index in [-0.39, 0.29) is 29.9 Å². The van der Waals surface area contributed by atoms with Crippen molar-refractivity contribution < 1.29 is 14.3 Å². The Morgan fingerprint density at radius 2 is 1.81 bits per heavy atom. The molecule has 1 N–H and O–H groups in total. The SMILES string of the molecule is Cc1ccc([C@H]2Cn3nnc(C(=O)N4CCC(C(=O)N[C@H]5CCc6ccccc65)CC4)c3CO2)cc1. The molecule has 1 saturated heterocycles. The van der Waals surface area contributed by atoms with Crippen LogP contribution in [0.3, 0.4) is 0 Å². The quantitative estimate of drug-likeness (QED) is 0.611. The Kier molecular flexibility index (Phi) is 6.05. The van der Waals surface area contributed by atoms with Gasteiger partial charge in [-0.05, 0) is 49.3 Å². The maximum Gasteiger partial charge on any atom is 0.276 e. The number of aryl methyl sites for hydroxylation is 2. The van der Waals surface area contributed by atoms with Crippen LogP contribution in [0.5, 0.6) is 0 Å². The maximum atomic E-state index is 13.3. The number of benzene rings is 2. The number of carbonyl (C=O) groups excluding carboxylic acids is 2. The number of piperidine rings is 1. The molecule has 3 aliphatic rings. The zero-order chi connectivity index (χ0) is 24.6. The zero-order valence-corrected chi connectivity index (χ0v) is 20.5. The lowest BCUT2D eigenvalue weighted by Crippen LogP contribution is -2.44. The summed E-state index contributed by atoms with van der Waals surface area (Å²) in [5, 5.41) is 11.7. The van der Waals surface area contributed by atoms with Crippen LogP contribution in [0.25, 0.3) is 0 Å². The summed E-state index contributed by atoms with van der Waals surface area (Å²) in [7, 11) is 0. The first kappa shape index (κ1) is 22.9. The van der Waals surface area contributed by atoms with Gasteiger partial charge in [-0.15, -0.1) is 5.10 Å². The highest BCUT2D eigenvalue weighted by Crippen LogP contribution is 2.32. The Balaban J connectivity index is 1.05. The van der Waals surface area contributed by atoms with Crippen LogP contribution in [0, 0.1) is 12.8 Å². The molecule has 2 aliphatic heterocycles. The van der Waals surface area contributed by atoms with Gasteiger partial charge in [-0.2, -0.15) is 0 Å². The first-order chi connectivity index (χ1) is 17.6. The van der Waals surface area contributed by atoms with E-state index in [4.69, 9.17) is 4.74 Å². The average Bonchev–Trinajstić information content (AvgIpc) is 3.53. The van der Waals surface area contributed by atoms with Gasteiger partial charge in [-0.3, -0.25) is 9.59 Å². The smallest absolute Gasteiger partial charge is 0.276 e. The first-order valence-electron chi connectivity index (χ1n) is 12.8. The van der Waals surface area contributed by atoms with Gasteiger partial charge in [0.1, 0.15) is 6.10 Å². The molecule has 1 aromatic heterocycles. The zero-order valence-electron chi connectivity index (χ0n) is 20.5. The number of rotatable bonds is 4. The van der Waals surface area contributed by atoms with Crippen LogP contribution in [0.2, 0.25) is 0 Å². The van der Waals surface area contributed by atoms with E-state index in [1.54, 1.807) is 9.58 Å². The van der Waals surface area contributed by atoms with Crippen molar-refractivity contribution in [2.24, 2.45) is 5.92 Å². The molecule has 6 rings (SSSR count). The topological polar surface area (TPSA) is 89.4 Å². The first-order valence-corrected chi connectivity index (χ1v) is 12.8. The molecule has 36 heavy (non-hydrogen) atoms. The summed E-state index contributed by atoms with van der Waals surface area (Å²) in [5.41, 5.74) is 5.95. The Morgan fingerprint density at radius 1 is 1.03 bits per heavy atom. The van der Waals surface area contributed by atoms with Crippen LogP contribution in [-0.4, -0.2) is 44.8 Å². The van der Waals surface area contributed by atoms with E-state index in [0.29, 0.717) is 44.8 Å². The number of amides is 2. The Bertz CT molecular complexity index is 1280. The molecule has 8 heteroatoms. The Hall–Kier alpha value is -3.52. The maximum absolute atomic E-state index is 13.3. The number of ether oxygens (including phenoxy) is 1. The number of carbonyl (C=O) groups is 2. The Labute approximate surface area is 210 Å². The summed E-state index contributed by atoms with van der Waals surface area (Å²) in [6.07, 6.45) is 3.16. The summed E-state index contributed by atoms with van der Waals surface area (Å²) < 4.78 is 7.87. The Morgan fingerprint density at radius 3 is 2.61 bits per heavy atom. The molecule has 1 fully saturated rings. The summed E-state index contributed by atoms with van der Waals surface area (Å²) in [5.74, 6) is -0.105. The van der Waals surface area contributed by atoms with E-state index >= 15 is 0 Å². The fourth-order valence-electron chi connectivity index (χ4n) is 5.65. The summed E-state index contributed by atoms with van der Waals surface area (Å²) in [4.78, 5) is 28.0. The van der Waals surface area contributed by atoms with Gasteiger partial charge in [0.2, 0.25) is 5.91 Å². The molecular formula is C28H31N5O3. The second-order valence-corrected chi connectivity index (χ2v) is 10.1. The van der Waals surface area contributed by atoms with Crippen molar-refractivity contribution in [2.45, 2.75) is 57.9 Å². The van der Waals surface area contributed by atoms with Crippen molar-refractivity contribution in [2.75, 3.05) is 13.1 Å². The minimum Gasteiger partial charge on any atom is -0.365 e. The third kappa shape index (κ3) is 4.30. The lowest BCUT2D eigenvalue weighted by Gasteiger charge is -2.32. The van der Waals surface area contributed by atoms with Gasteiger partial charge in [0, 0.05) is 19.0 Å².